The third kappa shape index (κ3) is 3.39. The zero-order valence-corrected chi connectivity index (χ0v) is 8.60. The van der Waals surface area contributed by atoms with Crippen LogP contribution < -0.4 is 29.6 Å². The van der Waals surface area contributed by atoms with Gasteiger partial charge >= 0.3 is 29.6 Å². The molecule has 0 aliphatic rings. The van der Waals surface area contributed by atoms with E-state index in [1.807, 2.05) is 0 Å². The number of hydrogen-bond acceptors (Lipinski definition) is 3. The molecule has 0 aliphatic heterocycles. The van der Waals surface area contributed by atoms with Crippen LogP contribution >= 0.6 is 0 Å². The normalized spacial score (nSPS) is 11.8. The summed E-state index contributed by atoms with van der Waals surface area (Å²) in [7, 11) is 0. The predicted octanol–water partition coefficient (Wildman–Crippen LogP) is -2.54. The summed E-state index contributed by atoms with van der Waals surface area (Å²) in [5.41, 5.74) is 0. The Morgan fingerprint density at radius 1 is 1.55 bits per heavy atom. The Labute approximate surface area is 87.6 Å². The van der Waals surface area contributed by atoms with Gasteiger partial charge in [-0.3, -0.25) is 9.19 Å². The van der Waals surface area contributed by atoms with Gasteiger partial charge in [0, 0.05) is 11.1 Å². The summed E-state index contributed by atoms with van der Waals surface area (Å²) < 4.78 is 32.5. The summed E-state index contributed by atoms with van der Waals surface area (Å²) >= 11 is -2.39. The fourth-order valence-electron chi connectivity index (χ4n) is 0.484. The summed E-state index contributed by atoms with van der Waals surface area (Å²) in [6.45, 7) is 0. The van der Waals surface area contributed by atoms with Crippen molar-refractivity contribution in [3.05, 3.63) is 24.3 Å². The van der Waals surface area contributed by atoms with Crippen LogP contribution in [0.25, 0.3) is 0 Å². The molecular weight excluding hydrogens is 180 g/mol. The van der Waals surface area contributed by atoms with Crippen molar-refractivity contribution < 1.29 is 42.7 Å². The molecule has 1 unspecified atom stereocenters. The van der Waals surface area contributed by atoms with Gasteiger partial charge in [0.1, 0.15) is 5.82 Å². The van der Waals surface area contributed by atoms with Gasteiger partial charge in [-0.2, -0.15) is 0 Å². The predicted molar refractivity (Wildman–Crippen MR) is 31.4 cm³/mol. The molecule has 6 heteroatoms. The second-order valence-corrected chi connectivity index (χ2v) is 2.51. The molecule has 0 saturated carbocycles. The summed E-state index contributed by atoms with van der Waals surface area (Å²) in [5.74, 6) is -0.651. The van der Waals surface area contributed by atoms with Gasteiger partial charge in [-0.05, 0) is 17.1 Å². The van der Waals surface area contributed by atoms with E-state index in [-0.39, 0.29) is 34.5 Å². The Morgan fingerprint density at radius 2 is 2.18 bits per heavy atom. The Bertz CT molecular complexity index is 270. The molecule has 0 N–H and O–H groups in total. The molecule has 1 rings (SSSR count). The van der Waals surface area contributed by atoms with Crippen LogP contribution in [-0.4, -0.2) is 13.7 Å². The molecule has 0 spiro atoms. The maximum Gasteiger partial charge on any atom is 1.00 e. The van der Waals surface area contributed by atoms with E-state index in [4.69, 9.17) is 0 Å². The van der Waals surface area contributed by atoms with Crippen molar-refractivity contribution in [3.8, 4) is 0 Å². The number of hydrogen-bond donors (Lipinski definition) is 0. The van der Waals surface area contributed by atoms with Crippen LogP contribution in [0.1, 0.15) is 0 Å². The molecule has 1 aromatic heterocycles. The van der Waals surface area contributed by atoms with E-state index in [1.54, 1.807) is 0 Å². The van der Waals surface area contributed by atoms with Gasteiger partial charge < -0.3 is 4.55 Å². The van der Waals surface area contributed by atoms with E-state index in [9.17, 15) is 13.2 Å². The summed E-state index contributed by atoms with van der Waals surface area (Å²) in [5, 5.41) is 0. The van der Waals surface area contributed by atoms with E-state index in [0.717, 1.165) is 18.5 Å². The Hall–Kier alpha value is 0.190. The van der Waals surface area contributed by atoms with Crippen LogP contribution in [0.15, 0.2) is 23.4 Å². The Morgan fingerprint density at radius 3 is 2.55 bits per heavy atom. The smallest absolute Gasteiger partial charge is 0.768 e. The number of halogens is 1. The van der Waals surface area contributed by atoms with Gasteiger partial charge in [0.25, 0.3) is 0 Å². The maximum absolute atomic E-state index is 12.2. The molecular formula is C5H3FNNaO2S. The maximum atomic E-state index is 12.2. The zero-order valence-electron chi connectivity index (χ0n) is 5.78. The van der Waals surface area contributed by atoms with E-state index < -0.39 is 16.9 Å². The fraction of sp³-hybridized carbons (Fsp3) is 0. The molecule has 11 heavy (non-hydrogen) atoms. The first-order valence-corrected chi connectivity index (χ1v) is 3.47. The van der Waals surface area contributed by atoms with Gasteiger partial charge in [-0.1, -0.05) is 0 Å². The van der Waals surface area contributed by atoms with Crippen LogP contribution in [0.2, 0.25) is 0 Å². The van der Waals surface area contributed by atoms with Crippen LogP contribution in [-0.2, 0) is 11.1 Å². The van der Waals surface area contributed by atoms with Crippen molar-refractivity contribution in [1.82, 2.24) is 4.98 Å². The Kier molecular flexibility index (Phi) is 5.03. The first-order valence-electron chi connectivity index (χ1n) is 2.40. The molecule has 1 atom stereocenters. The number of aromatic nitrogens is 1. The van der Waals surface area contributed by atoms with Crippen LogP contribution in [0.3, 0.4) is 0 Å². The average Bonchev–Trinajstić information content (AvgIpc) is 1.88. The summed E-state index contributed by atoms with van der Waals surface area (Å²) in [4.78, 5) is 3.20. The van der Waals surface area contributed by atoms with Crippen molar-refractivity contribution in [3.63, 3.8) is 0 Å². The standard InChI is InChI=1S/C5H4FNO2S.Na/c6-4-1-5(10(8)9)3-7-2-4;/h1-3H,(H,8,9);/q;+1/p-1. The van der Waals surface area contributed by atoms with E-state index in [2.05, 4.69) is 4.98 Å². The van der Waals surface area contributed by atoms with E-state index in [1.165, 1.54) is 0 Å². The van der Waals surface area contributed by atoms with Crippen LogP contribution in [0.4, 0.5) is 4.39 Å². The van der Waals surface area contributed by atoms with Crippen molar-refractivity contribution in [2.75, 3.05) is 0 Å². The molecule has 0 aromatic carbocycles. The summed E-state index contributed by atoms with van der Waals surface area (Å²) in [6, 6.07) is 0.899. The van der Waals surface area contributed by atoms with Gasteiger partial charge in [-0.25, -0.2) is 4.39 Å². The van der Waals surface area contributed by atoms with Crippen LogP contribution in [0.5, 0.6) is 0 Å². The largest absolute Gasteiger partial charge is 1.00 e. The number of nitrogens with zero attached hydrogens (tertiary/aromatic N) is 1. The fourth-order valence-corrected chi connectivity index (χ4v) is 0.839. The minimum Gasteiger partial charge on any atom is -0.768 e. The second kappa shape index (κ2) is 4.95. The summed E-state index contributed by atoms with van der Waals surface area (Å²) in [6.07, 6.45) is 2.02. The van der Waals surface area contributed by atoms with Crippen molar-refractivity contribution in [2.45, 2.75) is 4.90 Å². The monoisotopic (exact) mass is 183 g/mol. The Balaban J connectivity index is 0.000001000. The quantitative estimate of drug-likeness (QED) is 0.356. The molecule has 0 fully saturated rings. The minimum absolute atomic E-state index is 0. The molecule has 0 radical (unpaired) electrons. The SMILES string of the molecule is O=S([O-])c1cncc(F)c1.[Na+]. The molecule has 54 valence electrons. The zero-order chi connectivity index (χ0) is 7.56. The second-order valence-electron chi connectivity index (χ2n) is 1.57. The van der Waals surface area contributed by atoms with E-state index in [0.29, 0.717) is 0 Å². The first kappa shape index (κ1) is 11.2. The number of rotatable bonds is 1. The van der Waals surface area contributed by atoms with Crippen molar-refractivity contribution in [1.29, 1.82) is 0 Å². The molecule has 1 aromatic rings. The molecule has 1 heterocycles. The van der Waals surface area contributed by atoms with Crippen molar-refractivity contribution in [2.24, 2.45) is 0 Å². The van der Waals surface area contributed by atoms with Gasteiger partial charge in [0.15, 0.2) is 0 Å². The van der Waals surface area contributed by atoms with Gasteiger partial charge in [-0.15, -0.1) is 0 Å². The third-order valence-electron chi connectivity index (χ3n) is 0.872. The molecule has 3 nitrogen and oxygen atoms in total. The topological polar surface area (TPSA) is 53.0 Å². The third-order valence-corrected chi connectivity index (χ3v) is 1.48. The van der Waals surface area contributed by atoms with E-state index >= 15 is 0 Å². The first-order chi connectivity index (χ1) is 4.70. The van der Waals surface area contributed by atoms with Gasteiger partial charge in [0.2, 0.25) is 0 Å². The van der Waals surface area contributed by atoms with Gasteiger partial charge in [0.05, 0.1) is 6.20 Å². The number of pyridine rings is 1. The molecule has 0 aliphatic carbocycles. The minimum atomic E-state index is -2.39. The average molecular weight is 183 g/mol. The van der Waals surface area contributed by atoms with Crippen LogP contribution in [0, 0.1) is 5.82 Å². The molecule has 0 bridgehead atoms. The molecule has 0 amide bonds. The van der Waals surface area contributed by atoms with Crippen molar-refractivity contribution >= 4 is 11.1 Å². The molecule has 0 saturated heterocycles.